The van der Waals surface area contributed by atoms with Crippen LogP contribution in [0.4, 0.5) is 0 Å². The molecular formula is C10H6N2S. The molecule has 0 bridgehead atoms. The van der Waals surface area contributed by atoms with Crippen LogP contribution in [0.3, 0.4) is 0 Å². The molecule has 0 aliphatic rings. The molecule has 0 atom stereocenters. The van der Waals surface area contributed by atoms with E-state index in [0.717, 1.165) is 10.4 Å². The van der Waals surface area contributed by atoms with Gasteiger partial charge in [-0.25, -0.2) is 0 Å². The Bertz CT molecular complexity index is 440. The van der Waals surface area contributed by atoms with Gasteiger partial charge in [0.05, 0.1) is 5.56 Å². The number of aromatic nitrogens is 1. The topological polar surface area (TPSA) is 36.7 Å². The summed E-state index contributed by atoms with van der Waals surface area (Å²) >= 11 is 1.63. The number of nitriles is 1. The molecule has 0 N–H and O–H groups in total. The molecular weight excluding hydrogens is 180 g/mol. The van der Waals surface area contributed by atoms with Gasteiger partial charge in [0.15, 0.2) is 0 Å². The summed E-state index contributed by atoms with van der Waals surface area (Å²) in [5.74, 6) is 0. The molecule has 0 saturated carbocycles. The fourth-order valence-corrected chi connectivity index (χ4v) is 1.90. The van der Waals surface area contributed by atoms with E-state index in [1.54, 1.807) is 23.7 Å². The minimum absolute atomic E-state index is 0.630. The Kier molecular flexibility index (Phi) is 2.07. The number of hydrogen-bond donors (Lipinski definition) is 0. The quantitative estimate of drug-likeness (QED) is 0.686. The Morgan fingerprint density at radius 1 is 1.38 bits per heavy atom. The largest absolute Gasteiger partial charge is 0.263 e. The van der Waals surface area contributed by atoms with Gasteiger partial charge >= 0.3 is 0 Å². The van der Waals surface area contributed by atoms with Gasteiger partial charge in [0.25, 0.3) is 0 Å². The minimum atomic E-state index is 0.630. The van der Waals surface area contributed by atoms with Crippen LogP contribution in [0.25, 0.3) is 10.4 Å². The minimum Gasteiger partial charge on any atom is -0.263 e. The third kappa shape index (κ3) is 1.44. The first-order valence-electron chi connectivity index (χ1n) is 3.80. The van der Waals surface area contributed by atoms with Crippen molar-refractivity contribution in [3.63, 3.8) is 0 Å². The van der Waals surface area contributed by atoms with Gasteiger partial charge in [-0.05, 0) is 17.5 Å². The standard InChI is InChI=1S/C10H6N2S/c11-6-8-7-12-4-3-9(8)10-2-1-5-13-10/h1-5,7H. The molecule has 0 unspecified atom stereocenters. The highest BCUT2D eigenvalue weighted by molar-refractivity contribution is 7.13. The smallest absolute Gasteiger partial charge is 0.101 e. The number of thiophene rings is 1. The van der Waals surface area contributed by atoms with Crippen LogP contribution in [-0.4, -0.2) is 4.98 Å². The summed E-state index contributed by atoms with van der Waals surface area (Å²) in [6.45, 7) is 0. The molecule has 0 aliphatic carbocycles. The lowest BCUT2D eigenvalue weighted by molar-refractivity contribution is 1.31. The predicted molar refractivity (Wildman–Crippen MR) is 52.3 cm³/mol. The van der Waals surface area contributed by atoms with Crippen molar-refractivity contribution in [3.05, 3.63) is 41.5 Å². The van der Waals surface area contributed by atoms with Crippen LogP contribution >= 0.6 is 11.3 Å². The third-order valence-electron chi connectivity index (χ3n) is 1.73. The number of hydrogen-bond acceptors (Lipinski definition) is 3. The summed E-state index contributed by atoms with van der Waals surface area (Å²) < 4.78 is 0. The average Bonchev–Trinajstić information content (AvgIpc) is 2.70. The molecule has 0 radical (unpaired) electrons. The highest BCUT2D eigenvalue weighted by Crippen LogP contribution is 2.26. The normalized spacial score (nSPS) is 9.46. The van der Waals surface area contributed by atoms with E-state index in [1.165, 1.54) is 0 Å². The van der Waals surface area contributed by atoms with E-state index >= 15 is 0 Å². The van der Waals surface area contributed by atoms with Crippen molar-refractivity contribution < 1.29 is 0 Å². The van der Waals surface area contributed by atoms with E-state index < -0.39 is 0 Å². The molecule has 0 fully saturated rings. The SMILES string of the molecule is N#Cc1cnccc1-c1cccs1. The fraction of sp³-hybridized carbons (Fsp3) is 0. The van der Waals surface area contributed by atoms with E-state index in [-0.39, 0.29) is 0 Å². The van der Waals surface area contributed by atoms with Crippen LogP contribution in [0.2, 0.25) is 0 Å². The summed E-state index contributed by atoms with van der Waals surface area (Å²) in [7, 11) is 0. The lowest BCUT2D eigenvalue weighted by atomic mass is 10.1. The van der Waals surface area contributed by atoms with Gasteiger partial charge in [-0.15, -0.1) is 11.3 Å². The van der Waals surface area contributed by atoms with Gasteiger partial charge in [0, 0.05) is 22.8 Å². The van der Waals surface area contributed by atoms with E-state index in [2.05, 4.69) is 11.1 Å². The molecule has 2 aromatic heterocycles. The monoisotopic (exact) mass is 186 g/mol. The van der Waals surface area contributed by atoms with E-state index in [9.17, 15) is 0 Å². The Hall–Kier alpha value is -1.66. The predicted octanol–water partition coefficient (Wildman–Crippen LogP) is 2.68. The molecule has 62 valence electrons. The van der Waals surface area contributed by atoms with E-state index in [0.29, 0.717) is 5.56 Å². The molecule has 2 heterocycles. The Morgan fingerprint density at radius 3 is 3.00 bits per heavy atom. The van der Waals surface area contributed by atoms with Gasteiger partial charge in [-0.3, -0.25) is 4.98 Å². The molecule has 3 heteroatoms. The van der Waals surface area contributed by atoms with Crippen molar-refractivity contribution in [1.29, 1.82) is 5.26 Å². The summed E-state index contributed by atoms with van der Waals surface area (Å²) in [4.78, 5) is 5.02. The van der Waals surface area contributed by atoms with Crippen LogP contribution in [0.5, 0.6) is 0 Å². The van der Waals surface area contributed by atoms with Crippen LogP contribution in [-0.2, 0) is 0 Å². The Balaban J connectivity index is 2.59. The first-order chi connectivity index (χ1) is 6.42. The van der Waals surface area contributed by atoms with Crippen molar-refractivity contribution in [3.8, 4) is 16.5 Å². The zero-order valence-electron chi connectivity index (χ0n) is 6.77. The lowest BCUT2D eigenvalue weighted by Gasteiger charge is -1.97. The average molecular weight is 186 g/mol. The van der Waals surface area contributed by atoms with Crippen LogP contribution in [0.1, 0.15) is 5.56 Å². The maximum atomic E-state index is 8.83. The summed E-state index contributed by atoms with van der Waals surface area (Å²) in [6, 6.07) is 7.97. The molecule has 2 nitrogen and oxygen atoms in total. The second-order valence-electron chi connectivity index (χ2n) is 2.51. The van der Waals surface area contributed by atoms with Crippen molar-refractivity contribution in [2.45, 2.75) is 0 Å². The zero-order valence-corrected chi connectivity index (χ0v) is 7.58. The van der Waals surface area contributed by atoms with Gasteiger partial charge in [-0.2, -0.15) is 5.26 Å². The molecule has 2 rings (SSSR count). The van der Waals surface area contributed by atoms with Crippen molar-refractivity contribution >= 4 is 11.3 Å². The maximum absolute atomic E-state index is 8.83. The van der Waals surface area contributed by atoms with Crippen LogP contribution in [0, 0.1) is 11.3 Å². The summed E-state index contributed by atoms with van der Waals surface area (Å²) in [6.07, 6.45) is 3.30. The summed E-state index contributed by atoms with van der Waals surface area (Å²) in [5, 5.41) is 10.8. The number of nitrogens with zero attached hydrogens (tertiary/aromatic N) is 2. The van der Waals surface area contributed by atoms with Crippen LogP contribution < -0.4 is 0 Å². The number of rotatable bonds is 1. The highest BCUT2D eigenvalue weighted by atomic mass is 32.1. The Morgan fingerprint density at radius 2 is 2.31 bits per heavy atom. The van der Waals surface area contributed by atoms with E-state index in [1.807, 2.05) is 23.6 Å². The molecule has 13 heavy (non-hydrogen) atoms. The molecule has 0 amide bonds. The van der Waals surface area contributed by atoms with Crippen molar-refractivity contribution in [2.24, 2.45) is 0 Å². The molecule has 0 spiro atoms. The lowest BCUT2D eigenvalue weighted by Crippen LogP contribution is -1.82. The highest BCUT2D eigenvalue weighted by Gasteiger charge is 2.03. The Labute approximate surface area is 80.1 Å². The number of pyridine rings is 1. The molecule has 0 saturated heterocycles. The van der Waals surface area contributed by atoms with Gasteiger partial charge in [0.2, 0.25) is 0 Å². The molecule has 0 aliphatic heterocycles. The van der Waals surface area contributed by atoms with E-state index in [4.69, 9.17) is 5.26 Å². The molecule has 0 aromatic carbocycles. The van der Waals surface area contributed by atoms with Gasteiger partial charge < -0.3 is 0 Å². The second-order valence-corrected chi connectivity index (χ2v) is 3.46. The van der Waals surface area contributed by atoms with Crippen molar-refractivity contribution in [1.82, 2.24) is 4.98 Å². The summed E-state index contributed by atoms with van der Waals surface area (Å²) in [5.41, 5.74) is 1.59. The third-order valence-corrected chi connectivity index (χ3v) is 2.63. The van der Waals surface area contributed by atoms with Crippen molar-refractivity contribution in [2.75, 3.05) is 0 Å². The van der Waals surface area contributed by atoms with Gasteiger partial charge in [0.1, 0.15) is 6.07 Å². The zero-order chi connectivity index (χ0) is 9.10. The first-order valence-corrected chi connectivity index (χ1v) is 4.68. The van der Waals surface area contributed by atoms with Gasteiger partial charge in [-0.1, -0.05) is 6.07 Å². The maximum Gasteiger partial charge on any atom is 0.101 e. The molecule has 2 aromatic rings. The van der Waals surface area contributed by atoms with Crippen LogP contribution in [0.15, 0.2) is 36.0 Å². The fourth-order valence-electron chi connectivity index (χ4n) is 1.13. The second kappa shape index (κ2) is 3.38. The first kappa shape index (κ1) is 7.96.